The van der Waals surface area contributed by atoms with Gasteiger partial charge in [0.25, 0.3) is 0 Å². The summed E-state index contributed by atoms with van der Waals surface area (Å²) in [6, 6.07) is 0. The molecule has 0 aliphatic carbocycles. The van der Waals surface area contributed by atoms with Crippen LogP contribution in [-0.4, -0.2) is 145 Å². The molecule has 3 spiro atoms. The molecular formula is C61H107ClO14Si2. The minimum absolute atomic E-state index is 0.00255. The highest BCUT2D eigenvalue weighted by atomic mass is 35.5. The van der Waals surface area contributed by atoms with Gasteiger partial charge in [-0.2, -0.15) is 0 Å². The molecule has 8 aliphatic heterocycles. The van der Waals surface area contributed by atoms with Crippen molar-refractivity contribution in [2.45, 2.75) is 336 Å². The normalized spacial score (nSPS) is 44.6. The van der Waals surface area contributed by atoms with Crippen LogP contribution in [0.3, 0.4) is 0 Å². The molecule has 0 N–H and O–H groups in total. The predicted octanol–water partition coefficient (Wildman–Crippen LogP) is 13.4. The minimum Gasteiger partial charge on any atom is -0.459 e. The smallest absolute Gasteiger partial charge is 0.308 e. The van der Waals surface area contributed by atoms with Crippen molar-refractivity contribution in [3.8, 4) is 0 Å². The van der Waals surface area contributed by atoms with Gasteiger partial charge in [0, 0.05) is 64.4 Å². The summed E-state index contributed by atoms with van der Waals surface area (Å²) in [5.41, 5.74) is 0. The van der Waals surface area contributed by atoms with E-state index < -0.39 is 75.7 Å². The number of halogens is 1. The molecule has 0 aromatic rings. The summed E-state index contributed by atoms with van der Waals surface area (Å²) in [4.78, 5) is 14.3. The lowest BCUT2D eigenvalue weighted by atomic mass is 9.81. The molecule has 8 heterocycles. The zero-order chi connectivity index (χ0) is 57.0. The zero-order valence-corrected chi connectivity index (χ0v) is 54.2. The van der Waals surface area contributed by atoms with Crippen molar-refractivity contribution in [1.29, 1.82) is 0 Å². The van der Waals surface area contributed by atoms with E-state index in [9.17, 15) is 4.79 Å². The van der Waals surface area contributed by atoms with Gasteiger partial charge in [-0.25, -0.2) is 0 Å². The number of hydrogen-bond donors (Lipinski definition) is 0. The molecule has 8 saturated heterocycles. The van der Waals surface area contributed by atoms with Gasteiger partial charge in [-0.3, -0.25) is 4.79 Å². The molecule has 0 saturated carbocycles. The van der Waals surface area contributed by atoms with Crippen LogP contribution >= 0.6 is 11.6 Å². The van der Waals surface area contributed by atoms with Gasteiger partial charge in [0.15, 0.2) is 39.8 Å². The Balaban J connectivity index is 1.15. The standard InChI is InChI=1S/C61H107ClO14Si2/c1-19-21-45-49-37-61(70-45)40(4)27-30-60(76-61)36-50(65-14)52(62)46(68-60)25-24-39(3)53-55(72-58(11,12)71-53)54-47(64-13)28-31-59(73-54)29-26-38(2)48(69-59)34-44(75-78(17,18)57(8,9)10)33-43(74-77(15,16)56(5,6)7)32-41-22-20-23-42(66-41)35-51(63)67-49/h19,38-50,52-55H,1,20-37H2,2-18H3/t38-,39-,40-,41-,42+,43+,44-,45-,46+,47-,48+,49-,50+,52+,53-,54-,55-,59-,60+,61+/m0/s1. The Kier molecular flexibility index (Phi) is 19.9. The van der Waals surface area contributed by atoms with Crippen LogP contribution in [0, 0.1) is 17.8 Å². The highest BCUT2D eigenvalue weighted by Crippen LogP contribution is 2.54. The third-order valence-electron chi connectivity index (χ3n) is 20.6. The summed E-state index contributed by atoms with van der Waals surface area (Å²) in [5.74, 6) is -3.78. The predicted molar refractivity (Wildman–Crippen MR) is 307 cm³/mol. The van der Waals surface area contributed by atoms with Crippen LogP contribution in [0.5, 0.6) is 0 Å². The van der Waals surface area contributed by atoms with Crippen molar-refractivity contribution in [2.75, 3.05) is 14.2 Å². The fourth-order valence-electron chi connectivity index (χ4n) is 13.8. The van der Waals surface area contributed by atoms with E-state index in [1.165, 1.54) is 0 Å². The number of ether oxygens (including phenoxy) is 11. The van der Waals surface area contributed by atoms with E-state index in [4.69, 9.17) is 72.6 Å². The van der Waals surface area contributed by atoms with Gasteiger partial charge in [0.2, 0.25) is 0 Å². The van der Waals surface area contributed by atoms with E-state index in [-0.39, 0.29) is 89.1 Å². The topological polar surface area (TPSA) is 137 Å². The quantitative estimate of drug-likeness (QED) is 0.0986. The number of esters is 1. The summed E-state index contributed by atoms with van der Waals surface area (Å²) in [7, 11) is -1.11. The van der Waals surface area contributed by atoms with E-state index >= 15 is 0 Å². The lowest BCUT2D eigenvalue weighted by Gasteiger charge is -2.54. The molecule has 9 bridgehead atoms. The van der Waals surface area contributed by atoms with Crippen LogP contribution < -0.4 is 0 Å². The van der Waals surface area contributed by atoms with E-state index in [1.807, 2.05) is 19.9 Å². The van der Waals surface area contributed by atoms with Crippen molar-refractivity contribution in [3.05, 3.63) is 12.7 Å². The molecule has 17 heteroatoms. The molecule has 0 unspecified atom stereocenters. The Hall–Kier alpha value is -0.546. The van der Waals surface area contributed by atoms with Crippen LogP contribution in [0.15, 0.2) is 12.7 Å². The molecule has 450 valence electrons. The van der Waals surface area contributed by atoms with Crippen molar-refractivity contribution < 1.29 is 65.8 Å². The number of rotatable bonds is 8. The monoisotopic (exact) mass is 1150 g/mol. The summed E-state index contributed by atoms with van der Waals surface area (Å²) < 4.78 is 91.3. The first-order valence-electron chi connectivity index (χ1n) is 30.6. The molecule has 0 radical (unpaired) electrons. The maximum absolute atomic E-state index is 14.3. The highest BCUT2D eigenvalue weighted by molar-refractivity contribution is 6.74. The molecule has 8 fully saturated rings. The summed E-state index contributed by atoms with van der Waals surface area (Å²) >= 11 is 7.36. The Morgan fingerprint density at radius 2 is 1.27 bits per heavy atom. The molecule has 78 heavy (non-hydrogen) atoms. The first-order chi connectivity index (χ1) is 36.3. The molecule has 0 aromatic heterocycles. The van der Waals surface area contributed by atoms with E-state index in [0.717, 1.165) is 51.4 Å². The second kappa shape index (κ2) is 24.4. The molecule has 20 atom stereocenters. The van der Waals surface area contributed by atoms with Crippen LogP contribution in [0.25, 0.3) is 0 Å². The van der Waals surface area contributed by atoms with E-state index in [1.54, 1.807) is 14.2 Å². The Morgan fingerprint density at radius 1 is 0.654 bits per heavy atom. The average molecular weight is 1160 g/mol. The number of methoxy groups -OCH3 is 2. The van der Waals surface area contributed by atoms with E-state index in [0.29, 0.717) is 57.8 Å². The van der Waals surface area contributed by atoms with Crippen molar-refractivity contribution in [3.63, 3.8) is 0 Å². The lowest BCUT2D eigenvalue weighted by molar-refractivity contribution is -0.413. The zero-order valence-electron chi connectivity index (χ0n) is 51.4. The molecule has 8 aliphatic rings. The summed E-state index contributed by atoms with van der Waals surface area (Å²) in [6.07, 6.45) is 10.1. The molecule has 0 aromatic carbocycles. The van der Waals surface area contributed by atoms with Crippen LogP contribution in [0.2, 0.25) is 36.3 Å². The Morgan fingerprint density at radius 3 is 1.92 bits per heavy atom. The first kappa shape index (κ1) is 63.5. The SMILES string of the molecule is C=CC[C@@H]1O[C@@]23C[C@@H]1OC(=O)C[C@H]1CCC[C@@H](C[C@@H](O[Si](C)(C)C(C)(C)C)C[C@H](O[Si](C)(C)C(C)(C)C)C[C@H]4O[C@@]5(CC[C@H](OC)[C@H](O5)[C@H]5OC(C)(C)O[C@H]5[C@@H](C)CC[C@H]5O[C@@](CC[C@@H]2C)(C[C@@H](OC)[C@@H]5Cl)O3)CC[C@@H]4C)O1. The third kappa shape index (κ3) is 14.2. The van der Waals surface area contributed by atoms with Gasteiger partial charge in [-0.1, -0.05) is 68.4 Å². The van der Waals surface area contributed by atoms with Gasteiger partial charge < -0.3 is 61.0 Å². The Bertz CT molecular complexity index is 2020. The van der Waals surface area contributed by atoms with Crippen molar-refractivity contribution >= 4 is 34.2 Å². The number of fused-ring (bicyclic) bond motifs is 8. The molecular weight excluding hydrogens is 1050 g/mol. The third-order valence-corrected chi connectivity index (χ3v) is 30.2. The van der Waals surface area contributed by atoms with Crippen LogP contribution in [0.1, 0.15) is 192 Å². The molecule has 8 rings (SSSR count). The largest absolute Gasteiger partial charge is 0.459 e. The van der Waals surface area contributed by atoms with Crippen molar-refractivity contribution in [2.24, 2.45) is 17.8 Å². The number of carbonyl (C=O) groups excluding carboxylic acids is 1. The van der Waals surface area contributed by atoms with Crippen LogP contribution in [-0.2, 0) is 65.8 Å². The fraction of sp³-hybridized carbons (Fsp3) is 0.951. The van der Waals surface area contributed by atoms with Gasteiger partial charge in [-0.15, -0.1) is 18.2 Å². The van der Waals surface area contributed by atoms with Gasteiger partial charge in [0.05, 0.1) is 54.5 Å². The number of carbonyl (C=O) groups is 1. The van der Waals surface area contributed by atoms with Gasteiger partial charge in [0.1, 0.15) is 24.4 Å². The maximum atomic E-state index is 14.3. The summed E-state index contributed by atoms with van der Waals surface area (Å²) in [5, 5.41) is -0.454. The number of alkyl halides is 1. The molecule has 14 nitrogen and oxygen atoms in total. The van der Waals surface area contributed by atoms with Gasteiger partial charge >= 0.3 is 5.97 Å². The van der Waals surface area contributed by atoms with Crippen LogP contribution in [0.4, 0.5) is 0 Å². The van der Waals surface area contributed by atoms with Crippen molar-refractivity contribution in [1.82, 2.24) is 0 Å². The fourth-order valence-corrected chi connectivity index (χ4v) is 16.9. The highest BCUT2D eigenvalue weighted by Gasteiger charge is 2.62. The first-order valence-corrected chi connectivity index (χ1v) is 36.9. The number of hydrogen-bond acceptors (Lipinski definition) is 14. The second-order valence-corrected chi connectivity index (χ2v) is 39.1. The maximum Gasteiger partial charge on any atom is 0.308 e. The lowest BCUT2D eigenvalue weighted by Crippen LogP contribution is -2.61. The average Bonchev–Trinajstić information content (AvgIpc) is 3.98. The summed E-state index contributed by atoms with van der Waals surface area (Å²) in [6.45, 7) is 38.1. The Labute approximate surface area is 478 Å². The minimum atomic E-state index is -2.31. The van der Waals surface area contributed by atoms with E-state index in [2.05, 4.69) is 95.1 Å². The van der Waals surface area contributed by atoms with Gasteiger partial charge in [-0.05, 0) is 139 Å². The molecule has 0 amide bonds. The second-order valence-electron chi connectivity index (χ2n) is 29.1.